The maximum absolute atomic E-state index is 10.1. The summed E-state index contributed by atoms with van der Waals surface area (Å²) in [7, 11) is -4.13. The SMILES string of the molecule is [CH2]CC([CH]O)S(=O)(=O)O. The molecule has 4 nitrogen and oxygen atoms in total. The second-order valence-electron chi connectivity index (χ2n) is 1.49. The first kappa shape index (κ1) is 8.87. The van der Waals surface area contributed by atoms with Gasteiger partial charge < -0.3 is 5.11 Å². The van der Waals surface area contributed by atoms with Gasteiger partial charge in [-0.1, -0.05) is 6.92 Å². The molecule has 1 atom stereocenters. The quantitative estimate of drug-likeness (QED) is 0.558. The van der Waals surface area contributed by atoms with Crippen LogP contribution in [0.15, 0.2) is 0 Å². The predicted molar refractivity (Wildman–Crippen MR) is 31.5 cm³/mol. The van der Waals surface area contributed by atoms with Crippen molar-refractivity contribution in [1.82, 2.24) is 0 Å². The van der Waals surface area contributed by atoms with Gasteiger partial charge in [0, 0.05) is 0 Å². The minimum atomic E-state index is -4.13. The van der Waals surface area contributed by atoms with Crippen LogP contribution in [0.2, 0.25) is 0 Å². The van der Waals surface area contributed by atoms with Crippen molar-refractivity contribution in [3.05, 3.63) is 13.5 Å². The standard InChI is InChI=1S/C4H8O4S/c1-2-4(3-5)9(6,7)8/h3-5H,1-2H2,(H,6,7,8). The van der Waals surface area contributed by atoms with Crippen molar-refractivity contribution in [2.75, 3.05) is 0 Å². The Hall–Kier alpha value is -0.130. The summed E-state index contributed by atoms with van der Waals surface area (Å²) >= 11 is 0. The van der Waals surface area contributed by atoms with Crippen LogP contribution in [0, 0.1) is 13.5 Å². The summed E-state index contributed by atoms with van der Waals surface area (Å²) in [4.78, 5) is 0. The lowest BCUT2D eigenvalue weighted by molar-refractivity contribution is 0.363. The van der Waals surface area contributed by atoms with Crippen molar-refractivity contribution in [3.63, 3.8) is 0 Å². The topological polar surface area (TPSA) is 74.6 Å². The van der Waals surface area contributed by atoms with Gasteiger partial charge in [0.15, 0.2) is 0 Å². The highest BCUT2D eigenvalue weighted by Gasteiger charge is 2.19. The second-order valence-corrected chi connectivity index (χ2v) is 3.13. The van der Waals surface area contributed by atoms with Crippen molar-refractivity contribution in [2.45, 2.75) is 11.7 Å². The number of aliphatic hydroxyl groups excluding tert-OH is 1. The first-order chi connectivity index (χ1) is 4.02. The molecule has 0 saturated heterocycles. The molecule has 1 unspecified atom stereocenters. The summed E-state index contributed by atoms with van der Waals surface area (Å²) in [5.74, 6) is 0. The molecule has 0 aliphatic rings. The lowest BCUT2D eigenvalue weighted by atomic mass is 10.3. The van der Waals surface area contributed by atoms with E-state index in [9.17, 15) is 8.42 Å². The second kappa shape index (κ2) is 3.14. The fraction of sp³-hybridized carbons (Fsp3) is 0.500. The number of aliphatic hydroxyl groups is 1. The van der Waals surface area contributed by atoms with Crippen molar-refractivity contribution in [1.29, 1.82) is 0 Å². The summed E-state index contributed by atoms with van der Waals surface area (Å²) in [6.07, 6.45) is -0.0741. The molecular weight excluding hydrogens is 144 g/mol. The predicted octanol–water partition coefficient (Wildman–Crippen LogP) is 0.00128. The van der Waals surface area contributed by atoms with Crippen molar-refractivity contribution in [3.8, 4) is 0 Å². The van der Waals surface area contributed by atoms with Gasteiger partial charge in [-0.25, -0.2) is 0 Å². The summed E-state index contributed by atoms with van der Waals surface area (Å²) in [6.45, 7) is 3.60. The zero-order chi connectivity index (χ0) is 7.49. The Morgan fingerprint density at radius 1 is 1.67 bits per heavy atom. The average molecular weight is 152 g/mol. The van der Waals surface area contributed by atoms with Crippen LogP contribution in [0.1, 0.15) is 6.42 Å². The average Bonchev–Trinajstić information content (AvgIpc) is 1.65. The maximum atomic E-state index is 10.1. The van der Waals surface area contributed by atoms with Crippen LogP contribution in [0.25, 0.3) is 0 Å². The minimum Gasteiger partial charge on any atom is -0.389 e. The molecule has 54 valence electrons. The lowest BCUT2D eigenvalue weighted by Crippen LogP contribution is -2.19. The third kappa shape index (κ3) is 2.78. The normalized spacial score (nSPS) is 15.4. The highest BCUT2D eigenvalue weighted by atomic mass is 32.2. The molecule has 5 heteroatoms. The molecule has 0 saturated carbocycles. The number of rotatable bonds is 3. The summed E-state index contributed by atoms with van der Waals surface area (Å²) in [6, 6.07) is 0. The molecule has 0 aromatic carbocycles. The van der Waals surface area contributed by atoms with Crippen LogP contribution in [0.3, 0.4) is 0 Å². The fourth-order valence-corrected chi connectivity index (χ4v) is 0.752. The van der Waals surface area contributed by atoms with Crippen LogP contribution in [0.4, 0.5) is 0 Å². The van der Waals surface area contributed by atoms with Gasteiger partial charge in [-0.15, -0.1) is 0 Å². The zero-order valence-electron chi connectivity index (χ0n) is 4.69. The van der Waals surface area contributed by atoms with Crippen molar-refractivity contribution in [2.24, 2.45) is 0 Å². The van der Waals surface area contributed by atoms with E-state index in [1.165, 1.54) is 0 Å². The molecule has 0 aromatic heterocycles. The Labute approximate surface area is 54.3 Å². The van der Waals surface area contributed by atoms with Crippen LogP contribution >= 0.6 is 0 Å². The van der Waals surface area contributed by atoms with E-state index < -0.39 is 15.4 Å². The third-order valence-corrected chi connectivity index (χ3v) is 1.96. The van der Waals surface area contributed by atoms with E-state index in [1.54, 1.807) is 0 Å². The molecule has 0 aromatic rings. The Kier molecular flexibility index (Phi) is 3.10. The van der Waals surface area contributed by atoms with E-state index in [1.807, 2.05) is 0 Å². The van der Waals surface area contributed by atoms with E-state index in [0.717, 1.165) is 0 Å². The first-order valence-electron chi connectivity index (χ1n) is 2.25. The zero-order valence-corrected chi connectivity index (χ0v) is 5.50. The van der Waals surface area contributed by atoms with Gasteiger partial charge in [0.2, 0.25) is 0 Å². The Morgan fingerprint density at radius 2 is 2.11 bits per heavy atom. The molecule has 0 aliphatic carbocycles. The largest absolute Gasteiger partial charge is 0.389 e. The molecule has 9 heavy (non-hydrogen) atoms. The highest BCUT2D eigenvalue weighted by molar-refractivity contribution is 7.86. The van der Waals surface area contributed by atoms with Gasteiger partial charge >= 0.3 is 0 Å². The van der Waals surface area contributed by atoms with E-state index in [4.69, 9.17) is 9.66 Å². The van der Waals surface area contributed by atoms with Gasteiger partial charge in [0.25, 0.3) is 10.1 Å². The molecule has 2 radical (unpaired) electrons. The first-order valence-corrected chi connectivity index (χ1v) is 3.75. The molecule has 0 spiro atoms. The molecule has 0 amide bonds. The van der Waals surface area contributed by atoms with Crippen LogP contribution < -0.4 is 0 Å². The Balaban J connectivity index is 4.14. The van der Waals surface area contributed by atoms with E-state index in [2.05, 4.69) is 6.92 Å². The van der Waals surface area contributed by atoms with E-state index in [0.29, 0.717) is 6.61 Å². The lowest BCUT2D eigenvalue weighted by Gasteiger charge is -2.04. The van der Waals surface area contributed by atoms with Crippen molar-refractivity contribution >= 4 is 10.1 Å². The maximum Gasteiger partial charge on any atom is 0.270 e. The summed E-state index contributed by atoms with van der Waals surface area (Å²) in [5, 5.41) is 6.91. The smallest absolute Gasteiger partial charge is 0.270 e. The monoisotopic (exact) mass is 152 g/mol. The fourth-order valence-electron chi connectivity index (χ4n) is 0.300. The molecule has 0 rings (SSSR count). The summed E-state index contributed by atoms with van der Waals surface area (Å²) < 4.78 is 28.5. The molecule has 0 aliphatic heterocycles. The molecule has 0 heterocycles. The van der Waals surface area contributed by atoms with Gasteiger partial charge in [0.05, 0.1) is 0 Å². The molecular formula is C4H8O4S. The van der Waals surface area contributed by atoms with Gasteiger partial charge in [0.1, 0.15) is 11.9 Å². The Bertz CT molecular complexity index is 155. The van der Waals surface area contributed by atoms with E-state index in [-0.39, 0.29) is 6.42 Å². The summed E-state index contributed by atoms with van der Waals surface area (Å²) in [5.41, 5.74) is 0. The van der Waals surface area contributed by atoms with Gasteiger partial charge in [-0.3, -0.25) is 4.55 Å². The number of hydrogen-bond donors (Lipinski definition) is 2. The molecule has 0 fully saturated rings. The highest BCUT2D eigenvalue weighted by Crippen LogP contribution is 2.03. The minimum absolute atomic E-state index is 0.0741. The van der Waals surface area contributed by atoms with Gasteiger partial charge in [-0.2, -0.15) is 8.42 Å². The molecule has 0 bridgehead atoms. The third-order valence-electron chi connectivity index (χ3n) is 0.833. The molecule has 2 N–H and O–H groups in total. The van der Waals surface area contributed by atoms with Crippen LogP contribution in [-0.4, -0.2) is 23.3 Å². The van der Waals surface area contributed by atoms with Crippen LogP contribution in [0.5, 0.6) is 0 Å². The van der Waals surface area contributed by atoms with Crippen LogP contribution in [-0.2, 0) is 10.1 Å². The number of hydrogen-bond acceptors (Lipinski definition) is 3. The van der Waals surface area contributed by atoms with E-state index >= 15 is 0 Å². The Morgan fingerprint density at radius 3 is 2.11 bits per heavy atom. The van der Waals surface area contributed by atoms with Crippen molar-refractivity contribution < 1.29 is 18.1 Å². The van der Waals surface area contributed by atoms with Gasteiger partial charge in [-0.05, 0) is 6.42 Å².